The van der Waals surface area contributed by atoms with Gasteiger partial charge in [0.15, 0.2) is 29.2 Å². The fraction of sp³-hybridized carbons (Fsp3) is 0.227. The Balaban J connectivity index is 1.85. The molecule has 0 bridgehead atoms. The lowest BCUT2D eigenvalue weighted by Crippen LogP contribution is -2.28. The van der Waals surface area contributed by atoms with Gasteiger partial charge in [-0.15, -0.1) is 0 Å². The number of rotatable bonds is 2. The van der Waals surface area contributed by atoms with Gasteiger partial charge in [-0.2, -0.15) is 4.57 Å². The van der Waals surface area contributed by atoms with Crippen molar-refractivity contribution in [2.24, 2.45) is 7.05 Å². The molecule has 29 heavy (non-hydrogen) atoms. The third kappa shape index (κ3) is 2.10. The molecule has 6 rings (SSSR count). The van der Waals surface area contributed by atoms with Gasteiger partial charge in [0.05, 0.1) is 30.4 Å². The van der Waals surface area contributed by atoms with Crippen LogP contribution in [0.25, 0.3) is 32.4 Å². The summed E-state index contributed by atoms with van der Waals surface area (Å²) in [6, 6.07) is 7.89. The number of hydrogen-bond acceptors (Lipinski definition) is 6. The normalized spacial score (nSPS) is 14.2. The first-order valence-corrected chi connectivity index (χ1v) is 9.22. The predicted molar refractivity (Wildman–Crippen MR) is 105 cm³/mol. The van der Waals surface area contributed by atoms with Gasteiger partial charge in [-0.05, 0) is 18.2 Å². The Kier molecular flexibility index (Phi) is 3.21. The van der Waals surface area contributed by atoms with Gasteiger partial charge in [-0.1, -0.05) is 0 Å². The SMILES string of the molecule is COc1cc2c3c(OC)cc4c(c3c[n+](C)c2c2cc3c(cc12)OCO3)OCO4. The Hall–Kier alpha value is -3.61. The Morgan fingerprint density at radius 1 is 0.724 bits per heavy atom. The van der Waals surface area contributed by atoms with E-state index in [0.717, 1.165) is 61.2 Å². The summed E-state index contributed by atoms with van der Waals surface area (Å²) in [5, 5.41) is 4.83. The summed E-state index contributed by atoms with van der Waals surface area (Å²) in [6.45, 7) is 0.419. The van der Waals surface area contributed by atoms with Crippen LogP contribution in [-0.2, 0) is 7.05 Å². The molecule has 0 N–H and O–H groups in total. The molecule has 0 fully saturated rings. The lowest BCUT2D eigenvalue weighted by atomic mass is 9.98. The number of fused-ring (bicyclic) bond motifs is 8. The number of pyridine rings is 1. The molecule has 0 spiro atoms. The maximum Gasteiger partial charge on any atom is 0.231 e. The molecule has 2 aliphatic rings. The number of nitrogens with zero attached hydrogens (tertiary/aromatic N) is 1. The van der Waals surface area contributed by atoms with Gasteiger partial charge in [0, 0.05) is 16.8 Å². The number of aryl methyl sites for hydroxylation is 1. The van der Waals surface area contributed by atoms with Crippen molar-refractivity contribution in [1.82, 2.24) is 0 Å². The molecule has 3 heterocycles. The van der Waals surface area contributed by atoms with E-state index >= 15 is 0 Å². The quantitative estimate of drug-likeness (QED) is 0.385. The van der Waals surface area contributed by atoms with Crippen LogP contribution in [0.15, 0.2) is 30.5 Å². The lowest BCUT2D eigenvalue weighted by Gasteiger charge is -2.13. The van der Waals surface area contributed by atoms with Crippen LogP contribution in [0.3, 0.4) is 0 Å². The van der Waals surface area contributed by atoms with Gasteiger partial charge in [0.1, 0.15) is 18.5 Å². The number of methoxy groups -OCH3 is 2. The molecule has 0 aliphatic carbocycles. The first-order chi connectivity index (χ1) is 14.2. The second-order valence-corrected chi connectivity index (χ2v) is 7.07. The highest BCUT2D eigenvalue weighted by molar-refractivity contribution is 6.18. The summed E-state index contributed by atoms with van der Waals surface area (Å²) in [6.07, 6.45) is 2.05. The van der Waals surface area contributed by atoms with Gasteiger partial charge in [0.25, 0.3) is 0 Å². The van der Waals surface area contributed by atoms with Crippen molar-refractivity contribution in [3.05, 3.63) is 30.5 Å². The van der Waals surface area contributed by atoms with E-state index < -0.39 is 0 Å². The zero-order valence-corrected chi connectivity index (χ0v) is 16.2. The molecule has 4 aromatic rings. The molecule has 0 saturated carbocycles. The van der Waals surface area contributed by atoms with Gasteiger partial charge in [-0.25, -0.2) is 0 Å². The molecule has 7 heteroatoms. The van der Waals surface area contributed by atoms with Crippen LogP contribution in [0.1, 0.15) is 0 Å². The van der Waals surface area contributed by atoms with Crippen molar-refractivity contribution in [1.29, 1.82) is 0 Å². The molecule has 7 nitrogen and oxygen atoms in total. The molecule has 0 atom stereocenters. The molecule has 2 aliphatic heterocycles. The molecule has 0 unspecified atom stereocenters. The summed E-state index contributed by atoms with van der Waals surface area (Å²) < 4.78 is 36.1. The van der Waals surface area contributed by atoms with Gasteiger partial charge < -0.3 is 28.4 Å². The molecule has 3 aromatic carbocycles. The summed E-state index contributed by atoms with van der Waals surface area (Å²) in [5.41, 5.74) is 1.03. The van der Waals surface area contributed by atoms with Crippen molar-refractivity contribution in [2.45, 2.75) is 0 Å². The number of benzene rings is 3. The van der Waals surface area contributed by atoms with E-state index in [1.54, 1.807) is 14.2 Å². The van der Waals surface area contributed by atoms with E-state index in [1.165, 1.54) is 0 Å². The monoisotopic (exact) mass is 392 g/mol. The summed E-state index contributed by atoms with van der Waals surface area (Å²) >= 11 is 0. The fourth-order valence-electron chi connectivity index (χ4n) is 4.37. The second-order valence-electron chi connectivity index (χ2n) is 7.07. The maximum absolute atomic E-state index is 5.76. The van der Waals surface area contributed by atoms with Gasteiger partial charge >= 0.3 is 0 Å². The Labute approximate surface area is 165 Å². The zero-order chi connectivity index (χ0) is 19.7. The van der Waals surface area contributed by atoms with Crippen LogP contribution in [-0.4, -0.2) is 27.8 Å². The van der Waals surface area contributed by atoms with Gasteiger partial charge in [-0.3, -0.25) is 0 Å². The van der Waals surface area contributed by atoms with Crippen molar-refractivity contribution in [3.63, 3.8) is 0 Å². The summed E-state index contributed by atoms with van der Waals surface area (Å²) in [5.74, 6) is 4.33. The van der Waals surface area contributed by atoms with Crippen LogP contribution < -0.4 is 33.0 Å². The van der Waals surface area contributed by atoms with E-state index in [1.807, 2.05) is 37.5 Å². The number of ether oxygens (including phenoxy) is 6. The number of aromatic nitrogens is 1. The van der Waals surface area contributed by atoms with Crippen molar-refractivity contribution in [3.8, 4) is 34.5 Å². The third-order valence-electron chi connectivity index (χ3n) is 5.61. The largest absolute Gasteiger partial charge is 0.496 e. The van der Waals surface area contributed by atoms with E-state index in [9.17, 15) is 0 Å². The minimum absolute atomic E-state index is 0.198. The maximum atomic E-state index is 5.76. The highest BCUT2D eigenvalue weighted by Crippen LogP contribution is 2.48. The number of hydrogen-bond donors (Lipinski definition) is 0. The molecular weight excluding hydrogens is 374 g/mol. The highest BCUT2D eigenvalue weighted by atomic mass is 16.7. The van der Waals surface area contributed by atoms with Crippen LogP contribution in [0.5, 0.6) is 34.5 Å². The third-order valence-corrected chi connectivity index (χ3v) is 5.61. The summed E-state index contributed by atoms with van der Waals surface area (Å²) in [7, 11) is 5.34. The highest BCUT2D eigenvalue weighted by Gasteiger charge is 2.28. The summed E-state index contributed by atoms with van der Waals surface area (Å²) in [4.78, 5) is 0. The molecule has 1 aromatic heterocycles. The predicted octanol–water partition coefficient (Wildman–Crippen LogP) is 3.45. The first kappa shape index (κ1) is 16.4. The fourth-order valence-corrected chi connectivity index (χ4v) is 4.37. The average Bonchev–Trinajstić information content (AvgIpc) is 3.39. The molecule has 146 valence electrons. The van der Waals surface area contributed by atoms with E-state index in [0.29, 0.717) is 5.75 Å². The standard InChI is InChI=1S/C22H18NO6/c1-23-8-14-20(18(25-3)7-19-22(14)29-10-28-19)13-6-15(24-2)11-4-16-17(27-9-26-16)5-12(11)21(13)23/h4-8H,9-10H2,1-3H3/q+1. The van der Waals surface area contributed by atoms with Crippen LogP contribution >= 0.6 is 0 Å². The lowest BCUT2D eigenvalue weighted by molar-refractivity contribution is -0.642. The Bertz CT molecular complexity index is 1350. The van der Waals surface area contributed by atoms with Crippen LogP contribution in [0.4, 0.5) is 0 Å². The van der Waals surface area contributed by atoms with Crippen LogP contribution in [0, 0.1) is 0 Å². The van der Waals surface area contributed by atoms with Crippen molar-refractivity contribution < 1.29 is 33.0 Å². The second kappa shape index (κ2) is 5.70. The molecule has 0 amide bonds. The van der Waals surface area contributed by atoms with Crippen molar-refractivity contribution in [2.75, 3.05) is 27.8 Å². The first-order valence-electron chi connectivity index (χ1n) is 9.22. The minimum atomic E-state index is 0.198. The molecule has 0 radical (unpaired) electrons. The van der Waals surface area contributed by atoms with E-state index in [2.05, 4.69) is 4.57 Å². The Morgan fingerprint density at radius 3 is 2.17 bits per heavy atom. The van der Waals surface area contributed by atoms with E-state index in [4.69, 9.17) is 28.4 Å². The smallest absolute Gasteiger partial charge is 0.231 e. The van der Waals surface area contributed by atoms with E-state index in [-0.39, 0.29) is 13.6 Å². The average molecular weight is 392 g/mol. The molecule has 0 saturated heterocycles. The zero-order valence-electron chi connectivity index (χ0n) is 16.2. The van der Waals surface area contributed by atoms with Crippen LogP contribution in [0.2, 0.25) is 0 Å². The molecular formula is C22H18NO6+. The van der Waals surface area contributed by atoms with Gasteiger partial charge in [0.2, 0.25) is 19.1 Å². The van der Waals surface area contributed by atoms with Crippen molar-refractivity contribution >= 4 is 32.4 Å². The minimum Gasteiger partial charge on any atom is -0.496 e. The topological polar surface area (TPSA) is 59.3 Å². The Morgan fingerprint density at radius 2 is 1.41 bits per heavy atom.